The lowest BCUT2D eigenvalue weighted by molar-refractivity contribution is -0.124. The molecule has 0 bridgehead atoms. The smallest absolute Gasteiger partial charge is 0.237 e. The maximum atomic E-state index is 12.5. The molecule has 1 aliphatic carbocycles. The number of benzene rings is 1. The Morgan fingerprint density at radius 1 is 1.16 bits per heavy atom. The van der Waals surface area contributed by atoms with Gasteiger partial charge < -0.3 is 11.1 Å². The van der Waals surface area contributed by atoms with Crippen molar-refractivity contribution in [2.75, 3.05) is 0 Å². The highest BCUT2D eigenvalue weighted by molar-refractivity contribution is 5.82. The van der Waals surface area contributed by atoms with Gasteiger partial charge in [-0.2, -0.15) is 0 Å². The van der Waals surface area contributed by atoms with Gasteiger partial charge in [0.05, 0.1) is 6.04 Å². The topological polar surface area (TPSA) is 58.4 Å². The highest BCUT2D eigenvalue weighted by Gasteiger charge is 2.33. The summed E-state index contributed by atoms with van der Waals surface area (Å²) in [7, 11) is 0. The molecule has 0 saturated heterocycles. The van der Waals surface area contributed by atoms with Crippen LogP contribution in [0.4, 0.5) is 0 Å². The molecule has 25 heavy (non-hydrogen) atoms. The maximum Gasteiger partial charge on any atom is 0.237 e. The summed E-state index contributed by atoms with van der Waals surface area (Å²) >= 11 is 0. The first-order chi connectivity index (χ1) is 11.9. The molecule has 1 aliphatic rings. The number of nitrogens with one attached hydrogen (secondary N) is 1. The molecule has 140 valence electrons. The van der Waals surface area contributed by atoms with Crippen LogP contribution in [0.1, 0.15) is 58.9 Å². The zero-order valence-corrected chi connectivity index (χ0v) is 16.2. The average Bonchev–Trinajstić information content (AvgIpc) is 2.60. The predicted molar refractivity (Wildman–Crippen MR) is 104 cm³/mol. The molecule has 0 aromatic heterocycles. The Morgan fingerprint density at radius 2 is 1.80 bits per heavy atom. The number of hydrogen-bond donors (Lipinski definition) is 2. The lowest BCUT2D eigenvalue weighted by Gasteiger charge is -2.43. The zero-order chi connectivity index (χ0) is 18.4. The summed E-state index contributed by atoms with van der Waals surface area (Å²) in [5, 5.41) is 3.27. The van der Waals surface area contributed by atoms with Gasteiger partial charge in [-0.15, -0.1) is 0 Å². The van der Waals surface area contributed by atoms with Gasteiger partial charge in [0.15, 0.2) is 0 Å². The van der Waals surface area contributed by atoms with Crippen LogP contribution in [0.25, 0.3) is 0 Å². The van der Waals surface area contributed by atoms with Crippen molar-refractivity contribution >= 4 is 5.91 Å². The van der Waals surface area contributed by atoms with E-state index in [1.165, 1.54) is 18.4 Å². The van der Waals surface area contributed by atoms with E-state index in [-0.39, 0.29) is 17.9 Å². The highest BCUT2D eigenvalue weighted by Crippen LogP contribution is 2.26. The molecule has 1 amide bonds. The number of nitrogens with two attached hydrogens (primary N) is 1. The molecule has 1 aromatic rings. The van der Waals surface area contributed by atoms with Crippen molar-refractivity contribution in [1.29, 1.82) is 0 Å². The van der Waals surface area contributed by atoms with Gasteiger partial charge in [-0.1, -0.05) is 57.0 Å². The summed E-state index contributed by atoms with van der Waals surface area (Å²) in [6, 6.07) is 11.2. The zero-order valence-electron chi connectivity index (χ0n) is 16.2. The van der Waals surface area contributed by atoms with E-state index in [0.29, 0.717) is 12.1 Å². The Balaban J connectivity index is 2.11. The fourth-order valence-corrected chi connectivity index (χ4v) is 3.74. The fraction of sp³-hybridized carbons (Fsp3) is 0.667. The van der Waals surface area contributed by atoms with Crippen molar-refractivity contribution in [3.63, 3.8) is 0 Å². The minimum atomic E-state index is -0.427. The molecule has 0 radical (unpaired) electrons. The lowest BCUT2D eigenvalue weighted by atomic mass is 9.87. The van der Waals surface area contributed by atoms with Crippen LogP contribution >= 0.6 is 0 Å². The third-order valence-electron chi connectivity index (χ3n) is 5.38. The summed E-state index contributed by atoms with van der Waals surface area (Å²) in [5.41, 5.74) is 7.38. The molecule has 1 aromatic carbocycles. The Labute approximate surface area is 153 Å². The minimum Gasteiger partial charge on any atom is -0.350 e. The lowest BCUT2D eigenvalue weighted by Crippen LogP contribution is -2.57. The molecule has 3 atom stereocenters. The van der Waals surface area contributed by atoms with E-state index < -0.39 is 6.04 Å². The molecule has 4 heteroatoms. The van der Waals surface area contributed by atoms with Gasteiger partial charge in [-0.05, 0) is 38.2 Å². The minimum absolute atomic E-state index is 0.00434. The summed E-state index contributed by atoms with van der Waals surface area (Å²) in [4.78, 5) is 15.0. The number of nitrogens with zero attached hydrogens (tertiary/aromatic N) is 1. The van der Waals surface area contributed by atoms with Crippen LogP contribution in [0, 0.1) is 5.92 Å². The molecule has 3 N–H and O–H groups in total. The van der Waals surface area contributed by atoms with E-state index in [1.54, 1.807) is 0 Å². The van der Waals surface area contributed by atoms with Crippen LogP contribution in [0.3, 0.4) is 0 Å². The molecular formula is C21H35N3O. The van der Waals surface area contributed by atoms with Gasteiger partial charge in [0.25, 0.3) is 0 Å². The van der Waals surface area contributed by atoms with E-state index >= 15 is 0 Å². The first-order valence-corrected chi connectivity index (χ1v) is 9.75. The summed E-state index contributed by atoms with van der Waals surface area (Å²) in [6.45, 7) is 9.41. The van der Waals surface area contributed by atoms with Gasteiger partial charge in [0.1, 0.15) is 0 Å². The summed E-state index contributed by atoms with van der Waals surface area (Å²) < 4.78 is 0. The molecule has 0 spiro atoms. The third kappa shape index (κ3) is 5.55. The second-order valence-electron chi connectivity index (χ2n) is 7.99. The van der Waals surface area contributed by atoms with Crippen LogP contribution in [0.15, 0.2) is 30.3 Å². The third-order valence-corrected chi connectivity index (χ3v) is 5.38. The van der Waals surface area contributed by atoms with Gasteiger partial charge >= 0.3 is 0 Å². The monoisotopic (exact) mass is 345 g/mol. The molecule has 2 unspecified atom stereocenters. The Kier molecular flexibility index (Phi) is 7.45. The molecule has 1 saturated carbocycles. The quantitative estimate of drug-likeness (QED) is 0.797. The largest absolute Gasteiger partial charge is 0.350 e. The van der Waals surface area contributed by atoms with Gasteiger partial charge in [-0.25, -0.2) is 0 Å². The van der Waals surface area contributed by atoms with Gasteiger partial charge in [0, 0.05) is 24.7 Å². The number of carbonyl (C=O) groups is 1. The van der Waals surface area contributed by atoms with Crippen LogP contribution in [-0.4, -0.2) is 35.0 Å². The SMILES string of the molecule is CC(C)C(N)C(=O)NC1CCCC[C@@H]1N(Cc1ccccc1)C(C)C. The van der Waals surface area contributed by atoms with Gasteiger partial charge in [-0.3, -0.25) is 9.69 Å². The Bertz CT molecular complexity index is 529. The summed E-state index contributed by atoms with van der Waals surface area (Å²) in [6.07, 6.45) is 4.58. The van der Waals surface area contributed by atoms with E-state index in [9.17, 15) is 4.79 Å². The standard InChI is InChI=1S/C21H35N3O/c1-15(2)20(22)21(25)23-18-12-8-9-13-19(18)24(16(3)4)14-17-10-6-5-7-11-17/h5-7,10-11,15-16,18-20H,8-9,12-14,22H2,1-4H3,(H,23,25)/t18?,19-,20?/m0/s1. The van der Waals surface area contributed by atoms with Crippen molar-refractivity contribution < 1.29 is 4.79 Å². The predicted octanol–water partition coefficient (Wildman–Crippen LogP) is 3.31. The molecular weight excluding hydrogens is 310 g/mol. The van der Waals surface area contributed by atoms with E-state index in [1.807, 2.05) is 13.8 Å². The van der Waals surface area contributed by atoms with E-state index in [0.717, 1.165) is 19.4 Å². The van der Waals surface area contributed by atoms with Crippen LogP contribution < -0.4 is 11.1 Å². The number of amides is 1. The molecule has 4 nitrogen and oxygen atoms in total. The van der Waals surface area contributed by atoms with Crippen LogP contribution in [-0.2, 0) is 11.3 Å². The van der Waals surface area contributed by atoms with Crippen molar-refractivity contribution in [3.05, 3.63) is 35.9 Å². The van der Waals surface area contributed by atoms with E-state index in [4.69, 9.17) is 5.73 Å². The van der Waals surface area contributed by atoms with Crippen molar-refractivity contribution in [2.24, 2.45) is 11.7 Å². The maximum absolute atomic E-state index is 12.5. The second-order valence-corrected chi connectivity index (χ2v) is 7.99. The van der Waals surface area contributed by atoms with Gasteiger partial charge in [0.2, 0.25) is 5.91 Å². The first kappa shape index (κ1) is 19.9. The Morgan fingerprint density at radius 3 is 2.40 bits per heavy atom. The summed E-state index contributed by atoms with van der Waals surface area (Å²) in [5.74, 6) is 0.155. The highest BCUT2D eigenvalue weighted by atomic mass is 16.2. The number of rotatable bonds is 7. The second kappa shape index (κ2) is 9.35. The average molecular weight is 346 g/mol. The van der Waals surface area contributed by atoms with Crippen molar-refractivity contribution in [2.45, 2.75) is 84.1 Å². The number of carbonyl (C=O) groups excluding carboxylic acids is 1. The first-order valence-electron chi connectivity index (χ1n) is 9.75. The Hall–Kier alpha value is -1.39. The van der Waals surface area contributed by atoms with E-state index in [2.05, 4.69) is 54.4 Å². The molecule has 0 aliphatic heterocycles. The molecule has 0 heterocycles. The molecule has 1 fully saturated rings. The van der Waals surface area contributed by atoms with Crippen molar-refractivity contribution in [1.82, 2.24) is 10.2 Å². The van der Waals surface area contributed by atoms with Crippen LogP contribution in [0.5, 0.6) is 0 Å². The number of hydrogen-bond acceptors (Lipinski definition) is 3. The normalized spacial score (nSPS) is 22.4. The fourth-order valence-electron chi connectivity index (χ4n) is 3.74. The molecule has 2 rings (SSSR count). The van der Waals surface area contributed by atoms with Crippen LogP contribution in [0.2, 0.25) is 0 Å². The van der Waals surface area contributed by atoms with Crippen molar-refractivity contribution in [3.8, 4) is 0 Å².